The van der Waals surface area contributed by atoms with Gasteiger partial charge in [-0.05, 0) is 26.3 Å². The summed E-state index contributed by atoms with van der Waals surface area (Å²) < 4.78 is 9.91. The van der Waals surface area contributed by atoms with E-state index in [0.717, 1.165) is 5.57 Å². The van der Waals surface area contributed by atoms with Crippen LogP contribution in [0.1, 0.15) is 20.8 Å². The second kappa shape index (κ2) is 6.29. The van der Waals surface area contributed by atoms with Crippen molar-refractivity contribution in [3.63, 3.8) is 0 Å². The molecular weight excluding hydrogens is 168 g/mol. The van der Waals surface area contributed by atoms with E-state index in [-0.39, 0.29) is 0 Å². The van der Waals surface area contributed by atoms with Crippen molar-refractivity contribution in [3.05, 3.63) is 24.0 Å². The van der Waals surface area contributed by atoms with E-state index in [4.69, 9.17) is 9.47 Å². The van der Waals surface area contributed by atoms with Gasteiger partial charge >= 0.3 is 5.97 Å². The molecule has 0 amide bonds. The molecule has 0 aromatic carbocycles. The van der Waals surface area contributed by atoms with E-state index in [0.29, 0.717) is 19.0 Å². The van der Waals surface area contributed by atoms with Crippen molar-refractivity contribution in [2.24, 2.45) is 0 Å². The number of ether oxygens (including phenoxy) is 2. The summed E-state index contributed by atoms with van der Waals surface area (Å²) in [7, 11) is 0. The maximum absolute atomic E-state index is 11.0. The zero-order valence-corrected chi connectivity index (χ0v) is 8.42. The topological polar surface area (TPSA) is 35.5 Å². The molecule has 0 aliphatic heterocycles. The third-order valence-electron chi connectivity index (χ3n) is 1.26. The van der Waals surface area contributed by atoms with Crippen LogP contribution >= 0.6 is 0 Å². The molecule has 0 aliphatic carbocycles. The molecule has 0 fully saturated rings. The van der Waals surface area contributed by atoms with Crippen LogP contribution in [-0.2, 0) is 14.3 Å². The number of hydrogen-bond donors (Lipinski definition) is 0. The Labute approximate surface area is 79.0 Å². The first kappa shape index (κ1) is 11.8. The molecule has 0 radical (unpaired) electrons. The summed E-state index contributed by atoms with van der Waals surface area (Å²) in [6.45, 7) is 9.95. The maximum Gasteiger partial charge on any atom is 0.334 e. The van der Waals surface area contributed by atoms with Crippen molar-refractivity contribution in [1.82, 2.24) is 0 Å². The van der Waals surface area contributed by atoms with Crippen molar-refractivity contribution < 1.29 is 14.3 Å². The van der Waals surface area contributed by atoms with Gasteiger partial charge in [0.25, 0.3) is 0 Å². The molecule has 0 spiro atoms. The van der Waals surface area contributed by atoms with Crippen molar-refractivity contribution >= 4 is 5.97 Å². The number of esters is 1. The molecule has 0 bridgehead atoms. The lowest BCUT2D eigenvalue weighted by molar-refractivity contribution is -0.137. The van der Waals surface area contributed by atoms with Crippen molar-refractivity contribution in [1.29, 1.82) is 0 Å². The molecule has 3 heteroatoms. The Bertz CT molecular complexity index is 216. The lowest BCUT2D eigenvalue weighted by atomic mass is 10.2. The van der Waals surface area contributed by atoms with Crippen LogP contribution in [0.2, 0.25) is 0 Å². The maximum atomic E-state index is 11.0. The Morgan fingerprint density at radius 2 is 1.85 bits per heavy atom. The molecule has 0 aliphatic rings. The van der Waals surface area contributed by atoms with E-state index in [1.54, 1.807) is 13.8 Å². The lowest BCUT2D eigenvalue weighted by Crippen LogP contribution is -2.03. The summed E-state index contributed by atoms with van der Waals surface area (Å²) in [4.78, 5) is 11.0. The standard InChI is InChI=1S/C10H16O3/c1-5-12-9(8(3)4)7-10(11)13-6-2/h7H,3,5-6H2,1-2,4H3/b9-7-. The Kier molecular flexibility index (Phi) is 5.68. The van der Waals surface area contributed by atoms with Crippen molar-refractivity contribution in [2.75, 3.05) is 13.2 Å². The first-order chi connectivity index (χ1) is 6.11. The summed E-state index contributed by atoms with van der Waals surface area (Å²) in [5, 5.41) is 0. The predicted octanol–water partition coefficient (Wildman–Crippen LogP) is 2.05. The van der Waals surface area contributed by atoms with Crippen LogP contribution in [0.25, 0.3) is 0 Å². The van der Waals surface area contributed by atoms with Crippen LogP contribution in [0.3, 0.4) is 0 Å². The second-order valence-electron chi connectivity index (χ2n) is 2.47. The average Bonchev–Trinajstić information content (AvgIpc) is 2.04. The molecule has 0 heterocycles. The minimum Gasteiger partial charge on any atom is -0.493 e. The van der Waals surface area contributed by atoms with E-state index < -0.39 is 5.97 Å². The van der Waals surface area contributed by atoms with Crippen LogP contribution < -0.4 is 0 Å². The smallest absolute Gasteiger partial charge is 0.334 e. The van der Waals surface area contributed by atoms with E-state index in [2.05, 4.69) is 6.58 Å². The van der Waals surface area contributed by atoms with Crippen LogP contribution in [0.15, 0.2) is 24.0 Å². The molecule has 0 atom stereocenters. The van der Waals surface area contributed by atoms with Gasteiger partial charge in [-0.25, -0.2) is 4.79 Å². The SMILES string of the molecule is C=C(C)/C(=C/C(=O)OCC)OCC. The van der Waals surface area contributed by atoms with Gasteiger partial charge in [0.05, 0.1) is 19.3 Å². The van der Waals surface area contributed by atoms with Gasteiger partial charge in [-0.15, -0.1) is 0 Å². The highest BCUT2D eigenvalue weighted by Crippen LogP contribution is 2.08. The van der Waals surface area contributed by atoms with Crippen LogP contribution in [0, 0.1) is 0 Å². The Morgan fingerprint density at radius 1 is 1.31 bits per heavy atom. The van der Waals surface area contributed by atoms with Gasteiger partial charge in [-0.1, -0.05) is 6.58 Å². The third kappa shape index (κ3) is 5.06. The fourth-order valence-corrected chi connectivity index (χ4v) is 0.735. The fourth-order valence-electron chi connectivity index (χ4n) is 0.735. The second-order valence-corrected chi connectivity index (χ2v) is 2.47. The molecule has 0 unspecified atom stereocenters. The summed E-state index contributed by atoms with van der Waals surface area (Å²) >= 11 is 0. The van der Waals surface area contributed by atoms with Crippen LogP contribution in [-0.4, -0.2) is 19.2 Å². The number of carbonyl (C=O) groups is 1. The third-order valence-corrected chi connectivity index (χ3v) is 1.26. The van der Waals surface area contributed by atoms with E-state index in [1.165, 1.54) is 6.08 Å². The van der Waals surface area contributed by atoms with Crippen molar-refractivity contribution in [3.8, 4) is 0 Å². The lowest BCUT2D eigenvalue weighted by Gasteiger charge is -2.07. The number of carbonyl (C=O) groups excluding carboxylic acids is 1. The molecule has 0 saturated carbocycles. The number of hydrogen-bond acceptors (Lipinski definition) is 3. The predicted molar refractivity (Wildman–Crippen MR) is 51.2 cm³/mol. The molecule has 0 saturated heterocycles. The first-order valence-corrected chi connectivity index (χ1v) is 4.28. The van der Waals surface area contributed by atoms with E-state index in [1.807, 2.05) is 6.92 Å². The Morgan fingerprint density at radius 3 is 2.23 bits per heavy atom. The fraction of sp³-hybridized carbons (Fsp3) is 0.500. The molecular formula is C10H16O3. The molecule has 0 aromatic rings. The molecule has 74 valence electrons. The summed E-state index contributed by atoms with van der Waals surface area (Å²) in [6.07, 6.45) is 1.31. The molecule has 3 nitrogen and oxygen atoms in total. The largest absolute Gasteiger partial charge is 0.493 e. The number of rotatable bonds is 5. The Balaban J connectivity index is 4.34. The van der Waals surface area contributed by atoms with Gasteiger partial charge in [0.2, 0.25) is 0 Å². The highest BCUT2D eigenvalue weighted by molar-refractivity contribution is 5.83. The highest BCUT2D eigenvalue weighted by Gasteiger charge is 2.03. The van der Waals surface area contributed by atoms with Gasteiger partial charge < -0.3 is 9.47 Å². The highest BCUT2D eigenvalue weighted by atomic mass is 16.5. The average molecular weight is 184 g/mol. The monoisotopic (exact) mass is 184 g/mol. The van der Waals surface area contributed by atoms with Crippen LogP contribution in [0.5, 0.6) is 0 Å². The normalized spacial score (nSPS) is 10.8. The van der Waals surface area contributed by atoms with Crippen molar-refractivity contribution in [2.45, 2.75) is 20.8 Å². The number of allylic oxidation sites excluding steroid dienone is 1. The minimum atomic E-state index is -0.394. The van der Waals surface area contributed by atoms with Gasteiger partial charge in [0.1, 0.15) is 5.76 Å². The zero-order chi connectivity index (χ0) is 10.3. The summed E-state index contributed by atoms with van der Waals surface area (Å²) in [5.74, 6) is 0.0925. The Hall–Kier alpha value is -1.25. The quantitative estimate of drug-likeness (QED) is 0.284. The van der Waals surface area contributed by atoms with Crippen LogP contribution in [0.4, 0.5) is 0 Å². The summed E-state index contributed by atoms with van der Waals surface area (Å²) in [5.41, 5.74) is 0.718. The molecule has 0 rings (SSSR count). The van der Waals surface area contributed by atoms with Gasteiger partial charge in [-0.2, -0.15) is 0 Å². The van der Waals surface area contributed by atoms with Gasteiger partial charge in [-0.3, -0.25) is 0 Å². The minimum absolute atomic E-state index is 0.366. The summed E-state index contributed by atoms with van der Waals surface area (Å²) in [6, 6.07) is 0. The van der Waals surface area contributed by atoms with Gasteiger partial charge in [0, 0.05) is 0 Å². The molecule has 13 heavy (non-hydrogen) atoms. The van der Waals surface area contributed by atoms with Gasteiger partial charge in [0.15, 0.2) is 0 Å². The first-order valence-electron chi connectivity index (χ1n) is 4.28. The van der Waals surface area contributed by atoms with E-state index in [9.17, 15) is 4.79 Å². The zero-order valence-electron chi connectivity index (χ0n) is 8.42. The van der Waals surface area contributed by atoms with E-state index >= 15 is 0 Å². The molecule has 0 N–H and O–H groups in total. The molecule has 0 aromatic heterocycles.